The second-order valence-electron chi connectivity index (χ2n) is 6.68. The van der Waals surface area contributed by atoms with E-state index >= 15 is 0 Å². The second-order valence-corrected chi connectivity index (χ2v) is 21.5. The Morgan fingerprint density at radius 3 is 2.53 bits per heavy atom. The number of ether oxygens (including phenoxy) is 2. The fourth-order valence-corrected chi connectivity index (χ4v) is 4.87. The molecular weight excluding hydrogens is 343 g/mol. The molecule has 0 aliphatic carbocycles. The Bertz CT molecular complexity index is 252. The van der Waals surface area contributed by atoms with Crippen molar-refractivity contribution in [2.45, 2.75) is 72.5 Å². The molecular formula is C16H32O2Sn. The first-order valence-electron chi connectivity index (χ1n) is 7.91. The third-order valence-corrected chi connectivity index (χ3v) is 10.6. The predicted molar refractivity (Wildman–Crippen MR) is 85.1 cm³/mol. The van der Waals surface area contributed by atoms with Crippen LogP contribution in [0.5, 0.6) is 0 Å². The number of unbranched alkanes of at least 4 members (excludes halogenated alkanes) is 3. The van der Waals surface area contributed by atoms with Gasteiger partial charge in [-0.15, -0.1) is 0 Å². The zero-order valence-corrected chi connectivity index (χ0v) is 16.0. The van der Waals surface area contributed by atoms with E-state index in [-0.39, 0.29) is 6.29 Å². The molecule has 0 saturated carbocycles. The summed E-state index contributed by atoms with van der Waals surface area (Å²) in [5, 5.41) is 0. The summed E-state index contributed by atoms with van der Waals surface area (Å²) in [7, 11) is 0. The summed E-state index contributed by atoms with van der Waals surface area (Å²) in [6, 6.07) is 0. The van der Waals surface area contributed by atoms with E-state index in [1.807, 2.05) is 0 Å². The molecule has 3 heteroatoms. The molecule has 0 N–H and O–H groups in total. The van der Waals surface area contributed by atoms with Crippen molar-refractivity contribution >= 4 is 18.4 Å². The van der Waals surface area contributed by atoms with Crippen LogP contribution in [0.25, 0.3) is 0 Å². The van der Waals surface area contributed by atoms with E-state index in [2.05, 4.69) is 21.4 Å². The van der Waals surface area contributed by atoms with Gasteiger partial charge in [0, 0.05) is 0 Å². The van der Waals surface area contributed by atoms with Crippen LogP contribution in [0.2, 0.25) is 14.8 Å². The van der Waals surface area contributed by atoms with Crippen molar-refractivity contribution < 1.29 is 9.47 Å². The zero-order chi connectivity index (χ0) is 14.1. The van der Waals surface area contributed by atoms with Crippen LogP contribution >= 0.6 is 0 Å². The second kappa shape index (κ2) is 9.40. The number of allylic oxidation sites excluding steroid dienone is 1. The van der Waals surface area contributed by atoms with E-state index in [1.165, 1.54) is 44.9 Å². The number of hydrogen-bond donors (Lipinski definition) is 0. The third-order valence-electron chi connectivity index (χ3n) is 3.88. The van der Waals surface area contributed by atoms with Gasteiger partial charge in [0.15, 0.2) is 0 Å². The molecule has 1 aliphatic heterocycles. The Hall–Kier alpha value is 0.459. The van der Waals surface area contributed by atoms with Crippen LogP contribution in [0.4, 0.5) is 0 Å². The van der Waals surface area contributed by atoms with Crippen LogP contribution in [0, 0.1) is 0 Å². The molecule has 1 aliphatic rings. The molecule has 1 heterocycles. The Kier molecular flexibility index (Phi) is 8.67. The minimum absolute atomic E-state index is 0.0866. The van der Waals surface area contributed by atoms with Gasteiger partial charge in [-0.2, -0.15) is 0 Å². The van der Waals surface area contributed by atoms with Gasteiger partial charge in [0.1, 0.15) is 0 Å². The molecule has 0 radical (unpaired) electrons. The molecule has 1 atom stereocenters. The number of hydrogen-bond acceptors (Lipinski definition) is 2. The van der Waals surface area contributed by atoms with E-state index in [4.69, 9.17) is 9.47 Å². The van der Waals surface area contributed by atoms with Gasteiger partial charge in [-0.25, -0.2) is 0 Å². The minimum atomic E-state index is -1.79. The maximum atomic E-state index is 5.74. The van der Waals surface area contributed by atoms with Crippen molar-refractivity contribution in [3.8, 4) is 0 Å². The van der Waals surface area contributed by atoms with E-state index in [0.717, 1.165) is 19.6 Å². The SMILES string of the molecule is C=[C](CCCCCCOC1CCCCO1)[Sn]([CH3])([CH3])[CH3]. The molecule has 0 bridgehead atoms. The van der Waals surface area contributed by atoms with Crippen molar-refractivity contribution in [2.24, 2.45) is 0 Å². The molecule has 1 unspecified atom stereocenters. The molecule has 0 spiro atoms. The molecule has 1 fully saturated rings. The summed E-state index contributed by atoms with van der Waals surface area (Å²) in [4.78, 5) is 7.36. The standard InChI is InChI=1S/C13H23O2.3CH3.Sn/c1-2-3-4-5-6-8-11-14-13-10-7-9-12-15-13;;;;/h13H,1,3-12H2;3*1H3;. The van der Waals surface area contributed by atoms with Gasteiger partial charge in [-0.3, -0.25) is 0 Å². The molecule has 112 valence electrons. The predicted octanol–water partition coefficient (Wildman–Crippen LogP) is 4.91. The summed E-state index contributed by atoms with van der Waals surface area (Å²) in [6.45, 7) is 6.02. The quantitative estimate of drug-likeness (QED) is 0.421. The Morgan fingerprint density at radius 2 is 1.89 bits per heavy atom. The summed E-state index contributed by atoms with van der Waals surface area (Å²) in [5.41, 5.74) is 0. The molecule has 0 aromatic rings. The summed E-state index contributed by atoms with van der Waals surface area (Å²) >= 11 is -1.79. The van der Waals surface area contributed by atoms with E-state index in [9.17, 15) is 0 Å². The van der Waals surface area contributed by atoms with Gasteiger partial charge >= 0.3 is 124 Å². The van der Waals surface area contributed by atoms with E-state index in [0.29, 0.717) is 0 Å². The van der Waals surface area contributed by atoms with E-state index in [1.54, 1.807) is 3.59 Å². The van der Waals surface area contributed by atoms with Crippen LogP contribution in [-0.4, -0.2) is 37.9 Å². The van der Waals surface area contributed by atoms with Gasteiger partial charge in [-0.05, 0) is 0 Å². The van der Waals surface area contributed by atoms with Gasteiger partial charge in [-0.1, -0.05) is 0 Å². The monoisotopic (exact) mass is 376 g/mol. The van der Waals surface area contributed by atoms with Crippen LogP contribution in [-0.2, 0) is 9.47 Å². The molecule has 1 saturated heterocycles. The van der Waals surface area contributed by atoms with Crippen molar-refractivity contribution in [1.29, 1.82) is 0 Å². The first-order valence-corrected chi connectivity index (χ1v) is 17.9. The van der Waals surface area contributed by atoms with E-state index < -0.39 is 18.4 Å². The van der Waals surface area contributed by atoms with Crippen LogP contribution in [0.3, 0.4) is 0 Å². The van der Waals surface area contributed by atoms with Crippen LogP contribution in [0.1, 0.15) is 51.4 Å². The first kappa shape index (κ1) is 17.5. The Morgan fingerprint density at radius 1 is 1.16 bits per heavy atom. The molecule has 2 nitrogen and oxygen atoms in total. The molecule has 0 amide bonds. The Balaban J connectivity index is 1.90. The summed E-state index contributed by atoms with van der Waals surface area (Å²) in [5.74, 6) is 0. The van der Waals surface area contributed by atoms with Crippen molar-refractivity contribution in [3.63, 3.8) is 0 Å². The summed E-state index contributed by atoms with van der Waals surface area (Å²) in [6.07, 6.45) is 9.95. The van der Waals surface area contributed by atoms with Gasteiger partial charge in [0.2, 0.25) is 0 Å². The first-order chi connectivity index (χ1) is 9.00. The normalized spacial score (nSPS) is 20.5. The fourth-order valence-electron chi connectivity index (χ4n) is 2.23. The molecule has 0 aromatic heterocycles. The van der Waals surface area contributed by atoms with Crippen LogP contribution in [0.15, 0.2) is 10.2 Å². The van der Waals surface area contributed by atoms with Crippen molar-refractivity contribution in [3.05, 3.63) is 10.2 Å². The Labute approximate surface area is 123 Å². The summed E-state index contributed by atoms with van der Waals surface area (Å²) < 4.78 is 12.9. The molecule has 0 aromatic carbocycles. The molecule has 1 rings (SSSR count). The van der Waals surface area contributed by atoms with Crippen molar-refractivity contribution in [1.82, 2.24) is 0 Å². The topological polar surface area (TPSA) is 18.5 Å². The third kappa shape index (κ3) is 8.36. The van der Waals surface area contributed by atoms with Crippen LogP contribution < -0.4 is 0 Å². The van der Waals surface area contributed by atoms with Gasteiger partial charge in [0.05, 0.1) is 0 Å². The average Bonchev–Trinajstić information content (AvgIpc) is 2.37. The average molecular weight is 375 g/mol. The molecule has 19 heavy (non-hydrogen) atoms. The van der Waals surface area contributed by atoms with Gasteiger partial charge in [0.25, 0.3) is 0 Å². The van der Waals surface area contributed by atoms with Gasteiger partial charge < -0.3 is 0 Å². The fraction of sp³-hybridized carbons (Fsp3) is 0.875. The zero-order valence-electron chi connectivity index (χ0n) is 13.2. The maximum absolute atomic E-state index is 5.74. The van der Waals surface area contributed by atoms with Crippen molar-refractivity contribution in [2.75, 3.05) is 13.2 Å². The number of rotatable bonds is 9.